The molecule has 4 heterocycles. The van der Waals surface area contributed by atoms with E-state index in [0.717, 1.165) is 64.2 Å². The van der Waals surface area contributed by atoms with Crippen molar-refractivity contribution in [2.24, 2.45) is 0 Å². The fourth-order valence-electron chi connectivity index (χ4n) is 5.09. The van der Waals surface area contributed by atoms with Gasteiger partial charge in [0.05, 0.1) is 37.8 Å². The van der Waals surface area contributed by atoms with E-state index in [4.69, 9.17) is 9.47 Å². The lowest BCUT2D eigenvalue weighted by atomic mass is 10.1. The second kappa shape index (κ2) is 8.34. The summed E-state index contributed by atoms with van der Waals surface area (Å²) in [4.78, 5) is 9.56. The van der Waals surface area contributed by atoms with Crippen LogP contribution in [0.5, 0.6) is 0 Å². The summed E-state index contributed by atoms with van der Waals surface area (Å²) in [5.74, 6) is 2.05. The number of ether oxygens (including phenoxy) is 2. The van der Waals surface area contributed by atoms with Crippen LogP contribution in [0.2, 0.25) is 0 Å². The lowest BCUT2D eigenvalue weighted by Gasteiger charge is -2.27. The molecule has 0 unspecified atom stereocenters. The van der Waals surface area contributed by atoms with Crippen LogP contribution in [0.3, 0.4) is 0 Å². The Morgan fingerprint density at radius 1 is 0.625 bits per heavy atom. The molecule has 6 heteroatoms. The fraction of sp³-hybridized carbons (Fsp3) is 0.385. The molecule has 166 valence electrons. The normalized spacial score (nSPS) is 23.6. The van der Waals surface area contributed by atoms with Crippen molar-refractivity contribution in [3.63, 3.8) is 0 Å². The third-order valence-electron chi connectivity index (χ3n) is 6.85. The van der Waals surface area contributed by atoms with Crippen LogP contribution in [0.4, 0.5) is 0 Å². The minimum atomic E-state index is 0.417. The van der Waals surface area contributed by atoms with Gasteiger partial charge in [0.15, 0.2) is 0 Å². The molecule has 6 rings (SSSR count). The Balaban J connectivity index is 1.00. The maximum Gasteiger partial charge on any atom is 0.207 e. The van der Waals surface area contributed by atoms with Crippen LogP contribution in [0, 0.1) is 0 Å². The number of benzene rings is 2. The minimum Gasteiger partial charge on any atom is -0.476 e. The second-order valence-corrected chi connectivity index (χ2v) is 9.09. The van der Waals surface area contributed by atoms with E-state index in [1.54, 1.807) is 0 Å². The average molecular weight is 431 g/mol. The molecule has 2 fully saturated rings. The summed E-state index contributed by atoms with van der Waals surface area (Å²) in [7, 11) is 0. The van der Waals surface area contributed by atoms with E-state index < -0.39 is 0 Å². The predicted molar refractivity (Wildman–Crippen MR) is 123 cm³/mol. The van der Waals surface area contributed by atoms with Crippen molar-refractivity contribution in [2.45, 2.75) is 24.9 Å². The first-order valence-electron chi connectivity index (χ1n) is 11.6. The molecule has 0 N–H and O–H groups in total. The first-order chi connectivity index (χ1) is 15.8. The summed E-state index contributed by atoms with van der Waals surface area (Å²) in [6.07, 6.45) is 6.42. The number of hydrogen-bond acceptors (Lipinski definition) is 6. The average Bonchev–Trinajstić information content (AvgIpc) is 3.57. The highest BCUT2D eigenvalue weighted by atomic mass is 16.5. The van der Waals surface area contributed by atoms with Crippen molar-refractivity contribution in [1.82, 2.24) is 19.6 Å². The smallest absolute Gasteiger partial charge is 0.207 e. The standard InChI is InChI=1S/C26H30N4O2/c1-3-7-21(8-4-1)13-23-17-31-25-15-27(19-29(23)25)11-12-28-16-26-30(20-28)24(18-32-26)14-22-9-5-2-6-10-22/h1-10,15-16,23-24H,11-14,17-20H2/t23-,24+. The molecular weight excluding hydrogens is 400 g/mol. The van der Waals surface area contributed by atoms with Crippen molar-refractivity contribution in [1.29, 1.82) is 0 Å². The van der Waals surface area contributed by atoms with Gasteiger partial charge in [0.1, 0.15) is 13.2 Å². The summed E-state index contributed by atoms with van der Waals surface area (Å²) in [6, 6.07) is 22.3. The molecule has 0 spiro atoms. The number of rotatable bonds is 7. The van der Waals surface area contributed by atoms with Crippen molar-refractivity contribution < 1.29 is 9.47 Å². The van der Waals surface area contributed by atoms with E-state index in [2.05, 4.69) is 92.7 Å². The molecule has 2 aromatic carbocycles. The molecule has 0 aliphatic carbocycles. The summed E-state index contributed by atoms with van der Waals surface area (Å²) in [5, 5.41) is 0. The van der Waals surface area contributed by atoms with Crippen molar-refractivity contribution >= 4 is 0 Å². The van der Waals surface area contributed by atoms with Gasteiger partial charge in [0.2, 0.25) is 11.8 Å². The number of fused-ring (bicyclic) bond motifs is 2. The Bertz CT molecular complexity index is 912. The lowest BCUT2D eigenvalue weighted by molar-refractivity contribution is 0.188. The zero-order chi connectivity index (χ0) is 21.3. The van der Waals surface area contributed by atoms with Gasteiger partial charge in [-0.05, 0) is 24.0 Å². The molecule has 0 amide bonds. The van der Waals surface area contributed by atoms with Gasteiger partial charge >= 0.3 is 0 Å². The van der Waals surface area contributed by atoms with E-state index in [-0.39, 0.29) is 0 Å². The lowest BCUT2D eigenvalue weighted by Crippen LogP contribution is -2.39. The zero-order valence-electron chi connectivity index (χ0n) is 18.3. The van der Waals surface area contributed by atoms with Gasteiger partial charge in [-0.3, -0.25) is 0 Å². The van der Waals surface area contributed by atoms with Crippen molar-refractivity contribution in [3.05, 3.63) is 96.0 Å². The highest BCUT2D eigenvalue weighted by Crippen LogP contribution is 2.30. The molecule has 32 heavy (non-hydrogen) atoms. The van der Waals surface area contributed by atoms with Gasteiger partial charge in [-0.1, -0.05) is 60.7 Å². The van der Waals surface area contributed by atoms with Crippen LogP contribution in [0.25, 0.3) is 0 Å². The monoisotopic (exact) mass is 430 g/mol. The summed E-state index contributed by atoms with van der Waals surface area (Å²) < 4.78 is 12.0. The van der Waals surface area contributed by atoms with Gasteiger partial charge in [-0.2, -0.15) is 0 Å². The maximum absolute atomic E-state index is 5.99. The second-order valence-electron chi connectivity index (χ2n) is 9.09. The highest BCUT2D eigenvalue weighted by molar-refractivity contribution is 5.19. The molecule has 0 radical (unpaired) electrons. The van der Waals surface area contributed by atoms with E-state index in [1.807, 2.05) is 0 Å². The fourth-order valence-corrected chi connectivity index (χ4v) is 5.09. The maximum atomic E-state index is 5.99. The first-order valence-corrected chi connectivity index (χ1v) is 11.6. The number of hydrogen-bond donors (Lipinski definition) is 0. The molecule has 0 aromatic heterocycles. The van der Waals surface area contributed by atoms with E-state index in [1.165, 1.54) is 11.1 Å². The third kappa shape index (κ3) is 3.85. The molecule has 6 nitrogen and oxygen atoms in total. The summed E-state index contributed by atoms with van der Waals surface area (Å²) in [6.45, 7) is 5.33. The summed E-state index contributed by atoms with van der Waals surface area (Å²) >= 11 is 0. The quantitative estimate of drug-likeness (QED) is 0.671. The SMILES string of the molecule is C1=C2OC[C@H](Cc3ccccc3)N2CN1CCN1C=C2OC[C@@H](Cc3ccccc3)N2C1. The van der Waals surface area contributed by atoms with Gasteiger partial charge < -0.3 is 29.1 Å². The number of nitrogens with zero attached hydrogens (tertiary/aromatic N) is 4. The van der Waals surface area contributed by atoms with Crippen LogP contribution in [0.1, 0.15) is 11.1 Å². The van der Waals surface area contributed by atoms with E-state index in [0.29, 0.717) is 12.1 Å². The predicted octanol–water partition coefficient (Wildman–Crippen LogP) is 3.02. The zero-order valence-corrected chi connectivity index (χ0v) is 18.3. The van der Waals surface area contributed by atoms with E-state index in [9.17, 15) is 0 Å². The molecule has 0 saturated carbocycles. The third-order valence-corrected chi connectivity index (χ3v) is 6.85. The molecule has 4 aliphatic rings. The first kappa shape index (κ1) is 19.4. The molecular formula is C26H30N4O2. The van der Waals surface area contributed by atoms with Crippen LogP contribution in [-0.4, -0.2) is 71.3 Å². The Morgan fingerprint density at radius 3 is 1.50 bits per heavy atom. The Morgan fingerprint density at radius 2 is 1.06 bits per heavy atom. The van der Waals surface area contributed by atoms with Crippen LogP contribution >= 0.6 is 0 Å². The molecule has 0 bridgehead atoms. The van der Waals surface area contributed by atoms with Crippen LogP contribution < -0.4 is 0 Å². The van der Waals surface area contributed by atoms with Gasteiger partial charge in [0.25, 0.3) is 0 Å². The summed E-state index contributed by atoms with van der Waals surface area (Å²) in [5.41, 5.74) is 2.74. The molecule has 2 aromatic rings. The Hall–Kier alpha value is -3.28. The van der Waals surface area contributed by atoms with Gasteiger partial charge in [-0.25, -0.2) is 0 Å². The van der Waals surface area contributed by atoms with Crippen molar-refractivity contribution in [3.8, 4) is 0 Å². The topological polar surface area (TPSA) is 31.4 Å². The minimum absolute atomic E-state index is 0.417. The van der Waals surface area contributed by atoms with Crippen LogP contribution in [-0.2, 0) is 22.3 Å². The van der Waals surface area contributed by atoms with Crippen LogP contribution in [0.15, 0.2) is 84.8 Å². The van der Waals surface area contributed by atoms with Gasteiger partial charge in [-0.15, -0.1) is 0 Å². The molecule has 2 atom stereocenters. The van der Waals surface area contributed by atoms with Crippen molar-refractivity contribution in [2.75, 3.05) is 39.6 Å². The van der Waals surface area contributed by atoms with Gasteiger partial charge in [0, 0.05) is 13.1 Å². The van der Waals surface area contributed by atoms with E-state index >= 15 is 0 Å². The highest BCUT2D eigenvalue weighted by Gasteiger charge is 2.37. The largest absolute Gasteiger partial charge is 0.476 e. The molecule has 2 saturated heterocycles. The molecule has 4 aliphatic heterocycles. The Kier molecular flexibility index (Phi) is 5.06. The Labute approximate surface area is 189 Å².